The lowest BCUT2D eigenvalue weighted by Gasteiger charge is -2.07. The Morgan fingerprint density at radius 1 is 1.00 bits per heavy atom. The van der Waals surface area contributed by atoms with Gasteiger partial charge in [0.05, 0.1) is 19.4 Å². The number of para-hydroxylation sites is 1. The molecule has 0 aliphatic heterocycles. The van der Waals surface area contributed by atoms with Crippen LogP contribution in [-0.4, -0.2) is 18.2 Å². The van der Waals surface area contributed by atoms with E-state index in [2.05, 4.69) is 4.98 Å². The molecular weight excluding hydrogens is 318 g/mol. The second-order valence-electron chi connectivity index (χ2n) is 5.83. The van der Waals surface area contributed by atoms with Crippen molar-refractivity contribution in [3.63, 3.8) is 0 Å². The Bertz CT molecular complexity index is 871. The molecule has 3 aromatic rings. The average molecular weight is 339 g/mol. The Labute approximate surface area is 146 Å². The normalized spacial score (nSPS) is 10.8. The van der Waals surface area contributed by atoms with E-state index in [4.69, 9.17) is 13.9 Å². The molecule has 0 aliphatic carbocycles. The molecule has 1 aromatic carbocycles. The third-order valence-electron chi connectivity index (χ3n) is 3.81. The zero-order valence-corrected chi connectivity index (χ0v) is 14.2. The fraction of sp³-hybridized carbons (Fsp3) is 0.300. The summed E-state index contributed by atoms with van der Waals surface area (Å²) in [5.41, 5.74) is 1.11. The third kappa shape index (κ3) is 4.83. The largest absolute Gasteiger partial charge is 0.492 e. The predicted octanol–water partition coefficient (Wildman–Crippen LogP) is 4.12. The second kappa shape index (κ2) is 8.33. The van der Waals surface area contributed by atoms with Crippen LogP contribution in [0.1, 0.15) is 25.0 Å². The molecule has 0 bridgehead atoms. The molecule has 0 saturated carbocycles. The van der Waals surface area contributed by atoms with Crippen LogP contribution in [-0.2, 0) is 0 Å². The van der Waals surface area contributed by atoms with Gasteiger partial charge >= 0.3 is 5.63 Å². The van der Waals surface area contributed by atoms with Crippen molar-refractivity contribution in [2.45, 2.75) is 26.2 Å². The number of hydrogen-bond acceptors (Lipinski definition) is 5. The minimum absolute atomic E-state index is 0.265. The number of pyridine rings is 1. The Morgan fingerprint density at radius 2 is 1.80 bits per heavy atom. The summed E-state index contributed by atoms with van der Waals surface area (Å²) >= 11 is 0. The number of ether oxygens (including phenoxy) is 2. The van der Waals surface area contributed by atoms with Gasteiger partial charge in [0.15, 0.2) is 0 Å². The quantitative estimate of drug-likeness (QED) is 0.456. The van der Waals surface area contributed by atoms with Crippen LogP contribution in [0, 0.1) is 6.92 Å². The summed E-state index contributed by atoms with van der Waals surface area (Å²) in [6, 6.07) is 13.0. The summed E-state index contributed by atoms with van der Waals surface area (Å²) in [6.07, 6.45) is 4.46. The Kier molecular flexibility index (Phi) is 5.67. The van der Waals surface area contributed by atoms with Gasteiger partial charge in [-0.3, -0.25) is 4.98 Å². The number of fused-ring (bicyclic) bond motifs is 1. The van der Waals surface area contributed by atoms with Gasteiger partial charge in [0.2, 0.25) is 5.75 Å². The summed E-state index contributed by atoms with van der Waals surface area (Å²) in [7, 11) is 0. The molecular formula is C20H21NO4. The highest BCUT2D eigenvalue weighted by Gasteiger charge is 2.05. The summed E-state index contributed by atoms with van der Waals surface area (Å²) < 4.78 is 16.4. The van der Waals surface area contributed by atoms with E-state index in [9.17, 15) is 4.79 Å². The van der Waals surface area contributed by atoms with Gasteiger partial charge in [0.25, 0.3) is 0 Å². The maximum absolute atomic E-state index is 11.9. The van der Waals surface area contributed by atoms with E-state index < -0.39 is 5.63 Å². The monoisotopic (exact) mass is 339 g/mol. The van der Waals surface area contributed by atoms with Crippen molar-refractivity contribution < 1.29 is 13.9 Å². The number of hydrogen-bond donors (Lipinski definition) is 0. The molecule has 3 rings (SSSR count). The topological polar surface area (TPSA) is 61.6 Å². The van der Waals surface area contributed by atoms with Gasteiger partial charge in [0, 0.05) is 11.1 Å². The van der Waals surface area contributed by atoms with Gasteiger partial charge < -0.3 is 13.9 Å². The molecule has 5 nitrogen and oxygen atoms in total. The molecule has 2 heterocycles. The summed E-state index contributed by atoms with van der Waals surface area (Å²) in [5.74, 6) is 1.05. The molecule has 5 heteroatoms. The van der Waals surface area contributed by atoms with Crippen LogP contribution in [0.4, 0.5) is 0 Å². The highest BCUT2D eigenvalue weighted by atomic mass is 16.5. The maximum atomic E-state index is 11.9. The minimum Gasteiger partial charge on any atom is -0.492 e. The molecule has 0 saturated heterocycles. The molecule has 2 aromatic heterocycles. The van der Waals surface area contributed by atoms with Crippen molar-refractivity contribution in [2.24, 2.45) is 0 Å². The molecule has 0 unspecified atom stereocenters. The van der Waals surface area contributed by atoms with Gasteiger partial charge in [-0.2, -0.15) is 0 Å². The fourth-order valence-electron chi connectivity index (χ4n) is 2.44. The van der Waals surface area contributed by atoms with Crippen molar-refractivity contribution in [3.05, 3.63) is 64.8 Å². The van der Waals surface area contributed by atoms with Crippen LogP contribution < -0.4 is 15.1 Å². The zero-order valence-electron chi connectivity index (χ0n) is 14.2. The van der Waals surface area contributed by atoms with Crippen LogP contribution in [0.15, 0.2) is 57.9 Å². The molecule has 0 aliphatic rings. The molecule has 0 atom stereocenters. The van der Waals surface area contributed by atoms with Crippen molar-refractivity contribution in [3.8, 4) is 11.5 Å². The number of aryl methyl sites for hydroxylation is 1. The number of unbranched alkanes of at least 4 members (excludes halogenated alkanes) is 2. The van der Waals surface area contributed by atoms with Gasteiger partial charge in [-0.05, 0) is 50.5 Å². The summed E-state index contributed by atoms with van der Waals surface area (Å²) in [4.78, 5) is 16.0. The number of aromatic nitrogens is 1. The van der Waals surface area contributed by atoms with Crippen LogP contribution in [0.5, 0.6) is 11.5 Å². The third-order valence-corrected chi connectivity index (χ3v) is 3.81. The number of nitrogens with zero attached hydrogens (tertiary/aromatic N) is 1. The van der Waals surface area contributed by atoms with E-state index in [-0.39, 0.29) is 5.75 Å². The van der Waals surface area contributed by atoms with E-state index in [1.54, 1.807) is 18.3 Å². The summed E-state index contributed by atoms with van der Waals surface area (Å²) in [6.45, 7) is 3.07. The first-order chi connectivity index (χ1) is 12.2. The Hall–Kier alpha value is -2.82. The van der Waals surface area contributed by atoms with Crippen molar-refractivity contribution >= 4 is 11.0 Å². The van der Waals surface area contributed by atoms with E-state index >= 15 is 0 Å². The highest BCUT2D eigenvalue weighted by molar-refractivity contribution is 5.77. The van der Waals surface area contributed by atoms with Crippen LogP contribution in [0.25, 0.3) is 11.0 Å². The first-order valence-corrected chi connectivity index (χ1v) is 8.43. The molecule has 0 fully saturated rings. The zero-order chi connectivity index (χ0) is 17.5. The van der Waals surface area contributed by atoms with E-state index in [0.29, 0.717) is 18.8 Å². The molecule has 130 valence electrons. The Morgan fingerprint density at radius 3 is 2.60 bits per heavy atom. The standard InChI is InChI=1S/C20H21NO4/c1-15-9-10-17(14-21-15)23-11-5-2-6-12-24-19-13-16-7-3-4-8-18(16)25-20(19)22/h3-4,7-10,13-14H,2,5-6,11-12H2,1H3. The molecule has 0 amide bonds. The first-order valence-electron chi connectivity index (χ1n) is 8.43. The number of benzene rings is 1. The van der Waals surface area contributed by atoms with Crippen molar-refractivity contribution in [2.75, 3.05) is 13.2 Å². The molecule has 0 N–H and O–H groups in total. The fourth-order valence-corrected chi connectivity index (χ4v) is 2.44. The predicted molar refractivity (Wildman–Crippen MR) is 96.3 cm³/mol. The second-order valence-corrected chi connectivity index (χ2v) is 5.83. The van der Waals surface area contributed by atoms with Gasteiger partial charge in [-0.1, -0.05) is 18.2 Å². The van der Waals surface area contributed by atoms with Crippen molar-refractivity contribution in [1.82, 2.24) is 4.98 Å². The smallest absolute Gasteiger partial charge is 0.379 e. The lowest BCUT2D eigenvalue weighted by molar-refractivity contribution is 0.272. The molecule has 0 radical (unpaired) electrons. The van der Waals surface area contributed by atoms with E-state index in [1.165, 1.54) is 0 Å². The first kappa shape index (κ1) is 17.0. The minimum atomic E-state index is -0.436. The highest BCUT2D eigenvalue weighted by Crippen LogP contribution is 2.16. The molecule has 25 heavy (non-hydrogen) atoms. The summed E-state index contributed by atoms with van der Waals surface area (Å²) in [5, 5.41) is 0.859. The van der Waals surface area contributed by atoms with Gasteiger partial charge in [0.1, 0.15) is 11.3 Å². The maximum Gasteiger partial charge on any atom is 0.379 e. The SMILES string of the molecule is Cc1ccc(OCCCCCOc2cc3ccccc3oc2=O)cn1. The van der Waals surface area contributed by atoms with Crippen LogP contribution >= 0.6 is 0 Å². The molecule has 0 spiro atoms. The van der Waals surface area contributed by atoms with E-state index in [0.717, 1.165) is 36.1 Å². The van der Waals surface area contributed by atoms with Crippen LogP contribution in [0.2, 0.25) is 0 Å². The Balaban J connectivity index is 1.38. The number of rotatable bonds is 8. The lowest BCUT2D eigenvalue weighted by Crippen LogP contribution is -2.08. The van der Waals surface area contributed by atoms with Crippen LogP contribution in [0.3, 0.4) is 0 Å². The average Bonchev–Trinajstić information content (AvgIpc) is 2.62. The van der Waals surface area contributed by atoms with Gasteiger partial charge in [-0.15, -0.1) is 0 Å². The lowest BCUT2D eigenvalue weighted by atomic mass is 10.2. The van der Waals surface area contributed by atoms with Gasteiger partial charge in [-0.25, -0.2) is 4.79 Å². The van der Waals surface area contributed by atoms with E-state index in [1.807, 2.05) is 37.3 Å². The van der Waals surface area contributed by atoms with Crippen molar-refractivity contribution in [1.29, 1.82) is 0 Å².